The molecule has 0 saturated carbocycles. The van der Waals surface area contributed by atoms with E-state index >= 15 is 0 Å². The second-order valence-electron chi connectivity index (χ2n) is 9.56. The number of pyridine rings is 1. The van der Waals surface area contributed by atoms with E-state index in [9.17, 15) is 5.11 Å². The molecule has 0 aromatic carbocycles. The van der Waals surface area contributed by atoms with Crippen molar-refractivity contribution in [3.8, 4) is 17.1 Å². The van der Waals surface area contributed by atoms with Crippen LogP contribution in [0.5, 0.6) is 0 Å². The molecule has 0 unspecified atom stereocenters. The number of fused-ring (bicyclic) bond motifs is 1. The topological polar surface area (TPSA) is 106 Å². The van der Waals surface area contributed by atoms with Crippen molar-refractivity contribution >= 4 is 22.3 Å². The van der Waals surface area contributed by atoms with Crippen molar-refractivity contribution in [2.45, 2.75) is 45.8 Å². The van der Waals surface area contributed by atoms with E-state index < -0.39 is 0 Å². The van der Waals surface area contributed by atoms with E-state index in [1.165, 1.54) is 24.1 Å². The molecule has 2 N–H and O–H groups in total. The van der Waals surface area contributed by atoms with Crippen molar-refractivity contribution in [1.82, 2.24) is 34.2 Å². The highest BCUT2D eigenvalue weighted by atomic mass is 32.1. The van der Waals surface area contributed by atoms with Gasteiger partial charge in [-0.2, -0.15) is 5.10 Å². The third-order valence-corrected chi connectivity index (χ3v) is 7.80. The number of anilines is 2. The lowest BCUT2D eigenvalue weighted by molar-refractivity contribution is 0.0360. The van der Waals surface area contributed by atoms with E-state index in [1.54, 1.807) is 17.7 Å². The highest BCUT2D eigenvalue weighted by Gasteiger charge is 2.22. The number of thiazole rings is 1. The van der Waals surface area contributed by atoms with E-state index in [1.807, 2.05) is 35.2 Å². The van der Waals surface area contributed by atoms with Crippen molar-refractivity contribution in [1.29, 1.82) is 0 Å². The van der Waals surface area contributed by atoms with Gasteiger partial charge in [0.25, 0.3) is 0 Å². The number of aliphatic hydroxyl groups excluding tert-OH is 1. The van der Waals surface area contributed by atoms with Gasteiger partial charge in [0.05, 0.1) is 61.2 Å². The van der Waals surface area contributed by atoms with Gasteiger partial charge in [0.1, 0.15) is 11.5 Å². The predicted octanol–water partition coefficient (Wildman–Crippen LogP) is 3.34. The third-order valence-electron chi connectivity index (χ3n) is 7.04. The van der Waals surface area contributed by atoms with Crippen molar-refractivity contribution in [2.24, 2.45) is 0 Å². The van der Waals surface area contributed by atoms with Crippen molar-refractivity contribution in [2.75, 3.05) is 38.2 Å². The van der Waals surface area contributed by atoms with Crippen LogP contribution in [0, 0.1) is 6.92 Å². The second-order valence-corrected chi connectivity index (χ2v) is 10.4. The van der Waals surface area contributed by atoms with E-state index in [0.717, 1.165) is 86.0 Å². The van der Waals surface area contributed by atoms with Gasteiger partial charge in [-0.3, -0.25) is 4.90 Å². The van der Waals surface area contributed by atoms with Gasteiger partial charge in [0, 0.05) is 36.8 Å². The summed E-state index contributed by atoms with van der Waals surface area (Å²) in [6, 6.07) is 3.90. The standard InChI is InChI=1S/C26H32N8O2S/c1-18-14-33(17-27-18)24-7-6-21(28-22(24)15-35)23-16-37-26(29-23)30-25-19-4-2-3-5-20(19)31-34(25)9-8-32-10-12-36-13-11-32/h6-7,14,16-17,35H,2-5,8-13,15H2,1H3,(H,29,30). The molecule has 0 spiro atoms. The summed E-state index contributed by atoms with van der Waals surface area (Å²) in [4.78, 5) is 16.3. The Hall–Kier alpha value is -3.12. The van der Waals surface area contributed by atoms with Gasteiger partial charge in [0.15, 0.2) is 5.13 Å². The van der Waals surface area contributed by atoms with E-state index in [0.29, 0.717) is 5.69 Å². The van der Waals surface area contributed by atoms with Crippen LogP contribution in [0.3, 0.4) is 0 Å². The number of hydrogen-bond donors (Lipinski definition) is 2. The average Bonchev–Trinajstić information content (AvgIpc) is 3.67. The zero-order valence-electron chi connectivity index (χ0n) is 21.1. The van der Waals surface area contributed by atoms with Gasteiger partial charge in [-0.05, 0) is 44.7 Å². The Morgan fingerprint density at radius 1 is 1.08 bits per heavy atom. The van der Waals surface area contributed by atoms with Gasteiger partial charge in [-0.1, -0.05) is 0 Å². The largest absolute Gasteiger partial charge is 0.390 e. The second kappa shape index (κ2) is 10.7. The van der Waals surface area contributed by atoms with Crippen LogP contribution in [-0.4, -0.2) is 72.2 Å². The number of morpholine rings is 1. The molecule has 0 amide bonds. The zero-order valence-corrected chi connectivity index (χ0v) is 21.9. The monoisotopic (exact) mass is 520 g/mol. The summed E-state index contributed by atoms with van der Waals surface area (Å²) >= 11 is 1.56. The minimum Gasteiger partial charge on any atom is -0.390 e. The van der Waals surface area contributed by atoms with Crippen molar-refractivity contribution in [3.05, 3.63) is 52.7 Å². The van der Waals surface area contributed by atoms with Crippen LogP contribution in [0.4, 0.5) is 10.9 Å². The Balaban J connectivity index is 1.23. The van der Waals surface area contributed by atoms with E-state index in [4.69, 9.17) is 19.8 Å². The lowest BCUT2D eigenvalue weighted by Crippen LogP contribution is -2.38. The lowest BCUT2D eigenvalue weighted by atomic mass is 9.97. The minimum atomic E-state index is -0.163. The molecule has 11 heteroatoms. The van der Waals surface area contributed by atoms with Crippen LogP contribution in [0.2, 0.25) is 0 Å². The molecule has 5 heterocycles. The van der Waals surface area contributed by atoms with Gasteiger partial charge in [-0.25, -0.2) is 19.6 Å². The summed E-state index contributed by atoms with van der Waals surface area (Å²) < 4.78 is 9.52. The average molecular weight is 521 g/mol. The van der Waals surface area contributed by atoms with Crippen LogP contribution in [0.25, 0.3) is 17.1 Å². The molecular formula is C26H32N8O2S. The molecule has 4 aromatic rings. The molecule has 4 aromatic heterocycles. The number of aliphatic hydroxyl groups is 1. The number of nitrogens with one attached hydrogen (secondary N) is 1. The van der Waals surface area contributed by atoms with E-state index in [-0.39, 0.29) is 6.61 Å². The fourth-order valence-electron chi connectivity index (χ4n) is 5.06. The number of imidazole rings is 1. The highest BCUT2D eigenvalue weighted by Crippen LogP contribution is 2.33. The SMILES string of the molecule is Cc1cn(-c2ccc(-c3csc(Nc4c5c(nn4CCN4CCOCC4)CCCC5)n3)nc2CO)cn1. The van der Waals surface area contributed by atoms with Gasteiger partial charge in [-0.15, -0.1) is 11.3 Å². The third kappa shape index (κ3) is 5.17. The summed E-state index contributed by atoms with van der Waals surface area (Å²) in [5.74, 6) is 1.07. The molecule has 0 bridgehead atoms. The Labute approximate surface area is 220 Å². The summed E-state index contributed by atoms with van der Waals surface area (Å²) in [6.45, 7) is 7.12. The van der Waals surface area contributed by atoms with Gasteiger partial charge >= 0.3 is 0 Å². The first-order valence-corrected chi connectivity index (χ1v) is 13.8. The van der Waals surface area contributed by atoms with Crippen molar-refractivity contribution < 1.29 is 9.84 Å². The van der Waals surface area contributed by atoms with Crippen LogP contribution in [-0.2, 0) is 30.7 Å². The zero-order chi connectivity index (χ0) is 25.2. The maximum atomic E-state index is 9.98. The number of nitrogens with zero attached hydrogens (tertiary/aromatic N) is 7. The first kappa shape index (κ1) is 24.2. The molecule has 0 atom stereocenters. The van der Waals surface area contributed by atoms with E-state index in [2.05, 4.69) is 19.9 Å². The molecule has 2 aliphatic rings. The molecule has 37 heavy (non-hydrogen) atoms. The van der Waals surface area contributed by atoms with Crippen LogP contribution >= 0.6 is 11.3 Å². The Bertz CT molecular complexity index is 1370. The molecule has 1 aliphatic carbocycles. The summed E-state index contributed by atoms with van der Waals surface area (Å²) in [5.41, 5.74) is 6.37. The molecule has 6 rings (SSSR count). The molecule has 1 saturated heterocycles. The van der Waals surface area contributed by atoms with Crippen LogP contribution < -0.4 is 5.32 Å². The predicted molar refractivity (Wildman–Crippen MR) is 143 cm³/mol. The summed E-state index contributed by atoms with van der Waals surface area (Å²) in [7, 11) is 0. The first-order valence-electron chi connectivity index (χ1n) is 12.9. The summed E-state index contributed by atoms with van der Waals surface area (Å²) in [6.07, 6.45) is 8.12. The first-order chi connectivity index (χ1) is 18.2. The fourth-order valence-corrected chi connectivity index (χ4v) is 5.76. The molecule has 1 aliphatic heterocycles. The normalized spacial score (nSPS) is 16.2. The van der Waals surface area contributed by atoms with Crippen molar-refractivity contribution in [3.63, 3.8) is 0 Å². The minimum absolute atomic E-state index is 0.163. The Morgan fingerprint density at radius 2 is 1.95 bits per heavy atom. The maximum Gasteiger partial charge on any atom is 0.188 e. The van der Waals surface area contributed by atoms with Crippen LogP contribution in [0.1, 0.15) is 35.5 Å². The molecule has 1 fully saturated rings. The Kier molecular flexibility index (Phi) is 7.01. The number of hydrogen-bond acceptors (Lipinski definition) is 9. The fraction of sp³-hybridized carbons (Fsp3) is 0.462. The smallest absolute Gasteiger partial charge is 0.188 e. The van der Waals surface area contributed by atoms with Gasteiger partial charge in [0.2, 0.25) is 0 Å². The highest BCUT2D eigenvalue weighted by molar-refractivity contribution is 7.14. The van der Waals surface area contributed by atoms with Gasteiger partial charge < -0.3 is 19.7 Å². The molecule has 0 radical (unpaired) electrons. The number of aryl methyl sites for hydroxylation is 2. The quantitative estimate of drug-likeness (QED) is 0.364. The molecule has 10 nitrogen and oxygen atoms in total. The molecule has 194 valence electrons. The number of ether oxygens (including phenoxy) is 1. The maximum absolute atomic E-state index is 9.98. The van der Waals surface area contributed by atoms with Crippen LogP contribution in [0.15, 0.2) is 30.0 Å². The Morgan fingerprint density at radius 3 is 2.76 bits per heavy atom. The molecular weight excluding hydrogens is 488 g/mol. The number of aromatic nitrogens is 6. The summed E-state index contributed by atoms with van der Waals surface area (Å²) in [5, 5.41) is 21.4. The number of rotatable bonds is 8. The lowest BCUT2D eigenvalue weighted by Gasteiger charge is -2.26.